The minimum absolute atomic E-state index is 0.543. The van der Waals surface area contributed by atoms with E-state index in [-0.39, 0.29) is 0 Å². The molecule has 0 atom stereocenters. The van der Waals surface area contributed by atoms with Gasteiger partial charge in [0.1, 0.15) is 23.7 Å². The Kier molecular flexibility index (Phi) is 5.77. The van der Waals surface area contributed by atoms with E-state index in [1.54, 1.807) is 7.11 Å². The van der Waals surface area contributed by atoms with Gasteiger partial charge in [-0.25, -0.2) is 9.97 Å². The molecule has 0 aliphatic rings. The van der Waals surface area contributed by atoms with E-state index < -0.39 is 0 Å². The lowest BCUT2D eigenvalue weighted by Gasteiger charge is -2.10. The summed E-state index contributed by atoms with van der Waals surface area (Å²) >= 11 is 0. The molecular weight excluding hydrogens is 410 g/mol. The SMILES string of the molecule is CCCc1cccc(Nc2ncnc3oc(-c4ccccc4)c(-c4ccc(OC)cc4)c23)c1. The first-order valence-corrected chi connectivity index (χ1v) is 11.1. The van der Waals surface area contributed by atoms with Crippen LogP contribution in [0.1, 0.15) is 18.9 Å². The van der Waals surface area contributed by atoms with Crippen LogP contribution in [0.5, 0.6) is 5.75 Å². The number of hydrogen-bond donors (Lipinski definition) is 1. The molecule has 164 valence electrons. The van der Waals surface area contributed by atoms with E-state index >= 15 is 0 Å². The molecule has 0 radical (unpaired) electrons. The van der Waals surface area contributed by atoms with E-state index in [4.69, 9.17) is 9.15 Å². The topological polar surface area (TPSA) is 60.2 Å². The summed E-state index contributed by atoms with van der Waals surface area (Å²) in [5.41, 5.74) is 5.76. The van der Waals surface area contributed by atoms with Gasteiger partial charge in [0.05, 0.1) is 12.5 Å². The minimum atomic E-state index is 0.543. The van der Waals surface area contributed by atoms with Crippen LogP contribution >= 0.6 is 0 Å². The number of anilines is 2. The predicted octanol–water partition coefficient (Wildman–Crippen LogP) is 7.26. The number of furan rings is 1. The first kappa shape index (κ1) is 20.8. The van der Waals surface area contributed by atoms with E-state index in [9.17, 15) is 0 Å². The number of aromatic nitrogens is 2. The molecule has 5 rings (SSSR count). The quantitative estimate of drug-likeness (QED) is 0.291. The lowest BCUT2D eigenvalue weighted by atomic mass is 9.99. The van der Waals surface area contributed by atoms with Gasteiger partial charge in [-0.2, -0.15) is 0 Å². The highest BCUT2D eigenvalue weighted by atomic mass is 16.5. The van der Waals surface area contributed by atoms with Gasteiger partial charge in [0.15, 0.2) is 0 Å². The molecule has 0 bridgehead atoms. The highest BCUT2D eigenvalue weighted by Gasteiger charge is 2.22. The molecule has 33 heavy (non-hydrogen) atoms. The summed E-state index contributed by atoms with van der Waals surface area (Å²) in [5, 5.41) is 4.36. The molecule has 2 heterocycles. The summed E-state index contributed by atoms with van der Waals surface area (Å²) in [5.74, 6) is 2.28. The summed E-state index contributed by atoms with van der Waals surface area (Å²) in [6.07, 6.45) is 3.68. The number of benzene rings is 3. The fourth-order valence-electron chi connectivity index (χ4n) is 4.08. The van der Waals surface area contributed by atoms with Crippen molar-refractivity contribution in [1.29, 1.82) is 0 Å². The van der Waals surface area contributed by atoms with E-state index in [2.05, 4.69) is 46.5 Å². The van der Waals surface area contributed by atoms with Crippen molar-refractivity contribution >= 4 is 22.6 Å². The van der Waals surface area contributed by atoms with Crippen LogP contribution < -0.4 is 10.1 Å². The maximum atomic E-state index is 6.31. The Balaban J connectivity index is 1.70. The molecule has 0 saturated carbocycles. The van der Waals surface area contributed by atoms with Crippen molar-refractivity contribution in [2.24, 2.45) is 0 Å². The number of hydrogen-bond acceptors (Lipinski definition) is 5. The molecule has 2 aromatic heterocycles. The van der Waals surface area contributed by atoms with Crippen LogP contribution in [0.2, 0.25) is 0 Å². The number of fused-ring (bicyclic) bond motifs is 1. The maximum absolute atomic E-state index is 6.31. The van der Waals surface area contributed by atoms with Crippen molar-refractivity contribution in [2.45, 2.75) is 19.8 Å². The van der Waals surface area contributed by atoms with Crippen LogP contribution in [0.15, 0.2) is 89.6 Å². The summed E-state index contributed by atoms with van der Waals surface area (Å²) in [4.78, 5) is 9.05. The standard InChI is InChI=1S/C28H25N3O2/c1-3-8-19-9-7-12-22(17-19)31-27-25-24(20-13-15-23(32-2)16-14-20)26(21-10-5-4-6-11-21)33-28(25)30-18-29-27/h4-7,9-18H,3,8H2,1-2H3,(H,29,30,31). The lowest BCUT2D eigenvalue weighted by molar-refractivity contribution is 0.415. The summed E-state index contributed by atoms with van der Waals surface area (Å²) < 4.78 is 11.7. The van der Waals surface area contributed by atoms with Crippen molar-refractivity contribution in [3.8, 4) is 28.2 Å². The van der Waals surface area contributed by atoms with E-state index in [0.717, 1.165) is 52.1 Å². The molecule has 0 amide bonds. The van der Waals surface area contributed by atoms with E-state index in [0.29, 0.717) is 11.5 Å². The number of methoxy groups -OCH3 is 1. The van der Waals surface area contributed by atoms with E-state index in [1.807, 2.05) is 54.6 Å². The second-order valence-corrected chi connectivity index (χ2v) is 7.88. The normalized spacial score (nSPS) is 11.0. The van der Waals surface area contributed by atoms with Gasteiger partial charge < -0.3 is 14.5 Å². The second kappa shape index (κ2) is 9.17. The Hall–Kier alpha value is -4.12. The van der Waals surface area contributed by atoms with Crippen molar-refractivity contribution in [3.63, 3.8) is 0 Å². The molecule has 3 aromatic carbocycles. The molecule has 0 unspecified atom stereocenters. The van der Waals surface area contributed by atoms with Gasteiger partial charge in [-0.05, 0) is 41.8 Å². The number of nitrogens with zero attached hydrogens (tertiary/aromatic N) is 2. The zero-order chi connectivity index (χ0) is 22.6. The summed E-state index contributed by atoms with van der Waals surface area (Å²) in [6, 6.07) is 26.5. The molecule has 0 spiro atoms. The van der Waals surface area contributed by atoms with Crippen molar-refractivity contribution in [1.82, 2.24) is 9.97 Å². The van der Waals surface area contributed by atoms with Crippen LogP contribution in [0, 0.1) is 0 Å². The van der Waals surface area contributed by atoms with Gasteiger partial charge in [0.2, 0.25) is 5.71 Å². The van der Waals surface area contributed by atoms with E-state index in [1.165, 1.54) is 11.9 Å². The fourth-order valence-corrected chi connectivity index (χ4v) is 4.08. The number of nitrogens with one attached hydrogen (secondary N) is 1. The van der Waals surface area contributed by atoms with Crippen LogP contribution in [0.4, 0.5) is 11.5 Å². The van der Waals surface area contributed by atoms with Gasteiger partial charge >= 0.3 is 0 Å². The highest BCUT2D eigenvalue weighted by molar-refractivity contribution is 6.06. The second-order valence-electron chi connectivity index (χ2n) is 7.88. The predicted molar refractivity (Wildman–Crippen MR) is 133 cm³/mol. The maximum Gasteiger partial charge on any atom is 0.232 e. The Bertz CT molecular complexity index is 1380. The largest absolute Gasteiger partial charge is 0.497 e. The van der Waals surface area contributed by atoms with Crippen molar-refractivity contribution < 1.29 is 9.15 Å². The molecule has 0 fully saturated rings. The Morgan fingerprint density at radius 3 is 2.45 bits per heavy atom. The molecule has 0 saturated heterocycles. The van der Waals surface area contributed by atoms with Crippen molar-refractivity contribution in [2.75, 3.05) is 12.4 Å². The van der Waals surface area contributed by atoms with Crippen LogP contribution in [-0.2, 0) is 6.42 Å². The molecule has 5 heteroatoms. The van der Waals surface area contributed by atoms with Gasteiger partial charge in [-0.1, -0.05) is 67.9 Å². The number of aryl methyl sites for hydroxylation is 1. The van der Waals surface area contributed by atoms with Crippen LogP contribution in [0.25, 0.3) is 33.6 Å². The molecule has 5 nitrogen and oxygen atoms in total. The zero-order valence-electron chi connectivity index (χ0n) is 18.7. The smallest absolute Gasteiger partial charge is 0.232 e. The summed E-state index contributed by atoms with van der Waals surface area (Å²) in [7, 11) is 1.67. The first-order valence-electron chi connectivity index (χ1n) is 11.1. The van der Waals surface area contributed by atoms with Crippen LogP contribution in [-0.4, -0.2) is 17.1 Å². The van der Waals surface area contributed by atoms with Gasteiger partial charge in [-0.3, -0.25) is 0 Å². The van der Waals surface area contributed by atoms with Gasteiger partial charge in [0.25, 0.3) is 0 Å². The number of rotatable bonds is 7. The molecule has 0 aliphatic carbocycles. The van der Waals surface area contributed by atoms with Gasteiger partial charge in [-0.15, -0.1) is 0 Å². The average Bonchev–Trinajstić information content (AvgIpc) is 3.26. The zero-order valence-corrected chi connectivity index (χ0v) is 18.7. The lowest BCUT2D eigenvalue weighted by Crippen LogP contribution is -1.97. The monoisotopic (exact) mass is 435 g/mol. The third-order valence-electron chi connectivity index (χ3n) is 5.63. The molecule has 0 aliphatic heterocycles. The third kappa shape index (κ3) is 4.17. The third-order valence-corrected chi connectivity index (χ3v) is 5.63. The van der Waals surface area contributed by atoms with Gasteiger partial charge in [0, 0.05) is 16.8 Å². The molecule has 5 aromatic rings. The first-order chi connectivity index (χ1) is 16.3. The highest BCUT2D eigenvalue weighted by Crippen LogP contribution is 2.43. The molecule has 1 N–H and O–H groups in total. The van der Waals surface area contributed by atoms with Crippen LogP contribution in [0.3, 0.4) is 0 Å². The molecular formula is C28H25N3O2. The van der Waals surface area contributed by atoms with Crippen molar-refractivity contribution in [3.05, 3.63) is 90.8 Å². The Morgan fingerprint density at radius 1 is 0.879 bits per heavy atom. The summed E-state index contributed by atoms with van der Waals surface area (Å²) in [6.45, 7) is 2.19. The Morgan fingerprint density at radius 2 is 1.70 bits per heavy atom. The number of ether oxygens (including phenoxy) is 1. The fraction of sp³-hybridized carbons (Fsp3) is 0.143. The minimum Gasteiger partial charge on any atom is -0.497 e. The Labute approximate surface area is 193 Å². The average molecular weight is 436 g/mol.